The van der Waals surface area contributed by atoms with Crippen LogP contribution in [0.1, 0.15) is 44.1 Å². The van der Waals surface area contributed by atoms with Gasteiger partial charge in [0.1, 0.15) is 12.1 Å². The van der Waals surface area contributed by atoms with Gasteiger partial charge < -0.3 is 20.0 Å². The fourth-order valence-corrected chi connectivity index (χ4v) is 5.88. The fourth-order valence-electron chi connectivity index (χ4n) is 5.88. The summed E-state index contributed by atoms with van der Waals surface area (Å²) in [5.74, 6) is 0.231. The first kappa shape index (κ1) is 23.4. The van der Waals surface area contributed by atoms with Crippen molar-refractivity contribution in [1.29, 1.82) is 0 Å². The topological polar surface area (TPSA) is 73.0 Å². The van der Waals surface area contributed by atoms with Gasteiger partial charge in [-0.1, -0.05) is 61.4 Å². The molecule has 0 atom stereocenters. The minimum Gasteiger partial charge on any atom is -0.350 e. The van der Waals surface area contributed by atoms with Gasteiger partial charge in [0, 0.05) is 31.2 Å². The molecular formula is C28H34N4O3. The number of para-hydroxylation sites is 1. The number of likely N-dealkylation sites (tertiary alicyclic amines) is 1. The van der Waals surface area contributed by atoms with Crippen molar-refractivity contribution in [3.8, 4) is 0 Å². The van der Waals surface area contributed by atoms with E-state index in [2.05, 4.69) is 10.2 Å². The molecule has 0 unspecified atom stereocenters. The maximum Gasteiger partial charge on any atom is 0.250 e. The Morgan fingerprint density at radius 3 is 2.20 bits per heavy atom. The molecule has 0 radical (unpaired) electrons. The molecule has 3 amide bonds. The lowest BCUT2D eigenvalue weighted by atomic mass is 9.85. The summed E-state index contributed by atoms with van der Waals surface area (Å²) in [6, 6.07) is 19.7. The number of rotatable bonds is 6. The SMILES string of the molecule is O=C(CN1CN(c2ccccc2)C2(CCN(C(=O)C3CCCC3)CC2)C1=O)NCc1ccccc1. The van der Waals surface area contributed by atoms with Gasteiger partial charge in [0.05, 0.1) is 6.67 Å². The minimum absolute atomic E-state index is 0.0100. The Morgan fingerprint density at radius 1 is 0.914 bits per heavy atom. The van der Waals surface area contributed by atoms with Gasteiger partial charge in [-0.3, -0.25) is 14.4 Å². The summed E-state index contributed by atoms with van der Waals surface area (Å²) in [5, 5.41) is 2.94. The predicted molar refractivity (Wildman–Crippen MR) is 134 cm³/mol. The number of carbonyl (C=O) groups is 3. The van der Waals surface area contributed by atoms with Crippen LogP contribution in [0.25, 0.3) is 0 Å². The molecule has 2 saturated heterocycles. The van der Waals surface area contributed by atoms with Crippen molar-refractivity contribution >= 4 is 23.4 Å². The standard InChI is InChI=1S/C28H34N4O3/c33-25(29-19-22-9-3-1-4-10-22)20-31-21-32(24-13-5-2-6-14-24)28(27(31)35)15-17-30(18-16-28)26(34)23-11-7-8-12-23/h1-6,9-10,13-14,23H,7-8,11-12,15-21H2,(H,29,33). The number of benzene rings is 2. The van der Waals surface area contributed by atoms with Crippen LogP contribution < -0.4 is 10.2 Å². The molecule has 2 aromatic rings. The summed E-state index contributed by atoms with van der Waals surface area (Å²) in [7, 11) is 0. The van der Waals surface area contributed by atoms with E-state index < -0.39 is 5.54 Å². The summed E-state index contributed by atoms with van der Waals surface area (Å²) in [6.07, 6.45) is 5.41. The molecule has 1 aliphatic carbocycles. The highest BCUT2D eigenvalue weighted by Gasteiger charge is 2.54. The Labute approximate surface area is 207 Å². The van der Waals surface area contributed by atoms with Gasteiger partial charge in [-0.2, -0.15) is 0 Å². The van der Waals surface area contributed by atoms with Crippen molar-refractivity contribution in [3.63, 3.8) is 0 Å². The number of carbonyl (C=O) groups excluding carboxylic acids is 3. The molecule has 0 aromatic heterocycles. The maximum absolute atomic E-state index is 13.8. The summed E-state index contributed by atoms with van der Waals surface area (Å²) in [5.41, 5.74) is 1.28. The van der Waals surface area contributed by atoms with Gasteiger partial charge in [-0.25, -0.2) is 0 Å². The Bertz CT molecular complexity index is 1040. The van der Waals surface area contributed by atoms with E-state index in [1.54, 1.807) is 4.90 Å². The van der Waals surface area contributed by atoms with E-state index in [0.717, 1.165) is 36.9 Å². The second-order valence-electron chi connectivity index (χ2n) is 10.0. The van der Waals surface area contributed by atoms with E-state index in [1.165, 1.54) is 0 Å². The zero-order valence-electron chi connectivity index (χ0n) is 20.2. The second-order valence-corrected chi connectivity index (χ2v) is 10.0. The molecule has 1 N–H and O–H groups in total. The third-order valence-electron chi connectivity index (χ3n) is 7.86. The molecule has 2 aromatic carbocycles. The molecule has 35 heavy (non-hydrogen) atoms. The number of amides is 3. The average molecular weight is 475 g/mol. The van der Waals surface area contributed by atoms with Crippen molar-refractivity contribution in [2.45, 2.75) is 50.6 Å². The van der Waals surface area contributed by atoms with Crippen LogP contribution in [-0.2, 0) is 20.9 Å². The van der Waals surface area contributed by atoms with Gasteiger partial charge >= 0.3 is 0 Å². The van der Waals surface area contributed by atoms with Crippen LogP contribution in [0.2, 0.25) is 0 Å². The molecule has 2 heterocycles. The Kier molecular flexibility index (Phi) is 6.75. The second kappa shape index (κ2) is 10.1. The van der Waals surface area contributed by atoms with E-state index in [9.17, 15) is 14.4 Å². The van der Waals surface area contributed by atoms with Crippen LogP contribution in [0.15, 0.2) is 60.7 Å². The summed E-state index contributed by atoms with van der Waals surface area (Å²) >= 11 is 0. The zero-order chi connectivity index (χ0) is 24.3. The van der Waals surface area contributed by atoms with Crippen LogP contribution in [0.5, 0.6) is 0 Å². The molecular weight excluding hydrogens is 440 g/mol. The largest absolute Gasteiger partial charge is 0.350 e. The van der Waals surface area contributed by atoms with E-state index in [4.69, 9.17) is 0 Å². The zero-order valence-corrected chi connectivity index (χ0v) is 20.2. The van der Waals surface area contributed by atoms with Gasteiger partial charge in [0.2, 0.25) is 11.8 Å². The van der Waals surface area contributed by atoms with E-state index in [-0.39, 0.29) is 30.2 Å². The summed E-state index contributed by atoms with van der Waals surface area (Å²) in [6.45, 7) is 2.00. The molecule has 184 valence electrons. The fraction of sp³-hybridized carbons (Fsp3) is 0.464. The van der Waals surface area contributed by atoms with Crippen molar-refractivity contribution < 1.29 is 14.4 Å². The van der Waals surface area contributed by atoms with Gasteiger partial charge in [0.25, 0.3) is 5.91 Å². The summed E-state index contributed by atoms with van der Waals surface area (Å²) in [4.78, 5) is 45.3. The van der Waals surface area contributed by atoms with Crippen LogP contribution in [0.4, 0.5) is 5.69 Å². The van der Waals surface area contributed by atoms with Gasteiger partial charge in [-0.15, -0.1) is 0 Å². The normalized spacial score (nSPS) is 20.0. The molecule has 1 spiro atoms. The first-order valence-electron chi connectivity index (χ1n) is 12.8. The monoisotopic (exact) mass is 474 g/mol. The first-order valence-corrected chi connectivity index (χ1v) is 12.8. The van der Waals surface area contributed by atoms with Crippen molar-refractivity contribution in [1.82, 2.24) is 15.1 Å². The highest BCUT2D eigenvalue weighted by atomic mass is 16.2. The average Bonchev–Trinajstić information content (AvgIpc) is 3.53. The van der Waals surface area contributed by atoms with Gasteiger partial charge in [0.15, 0.2) is 0 Å². The van der Waals surface area contributed by atoms with Crippen molar-refractivity contribution in [3.05, 3.63) is 66.2 Å². The van der Waals surface area contributed by atoms with Crippen molar-refractivity contribution in [2.24, 2.45) is 5.92 Å². The van der Waals surface area contributed by atoms with Crippen LogP contribution >= 0.6 is 0 Å². The highest BCUT2D eigenvalue weighted by Crippen LogP contribution is 2.40. The maximum atomic E-state index is 13.8. The smallest absolute Gasteiger partial charge is 0.250 e. The lowest BCUT2D eigenvalue weighted by Gasteiger charge is -2.43. The number of anilines is 1. The lowest BCUT2D eigenvalue weighted by Crippen LogP contribution is -2.58. The van der Waals surface area contributed by atoms with Gasteiger partial charge in [-0.05, 0) is 43.4 Å². The van der Waals surface area contributed by atoms with E-state index >= 15 is 0 Å². The number of hydrogen-bond donors (Lipinski definition) is 1. The van der Waals surface area contributed by atoms with Crippen LogP contribution in [0, 0.1) is 5.92 Å². The third-order valence-corrected chi connectivity index (χ3v) is 7.86. The van der Waals surface area contributed by atoms with Crippen LogP contribution in [-0.4, -0.2) is 59.4 Å². The molecule has 1 saturated carbocycles. The molecule has 5 rings (SSSR count). The first-order chi connectivity index (χ1) is 17.1. The van der Waals surface area contributed by atoms with E-state index in [0.29, 0.717) is 39.1 Å². The minimum atomic E-state index is -0.715. The third kappa shape index (κ3) is 4.77. The molecule has 7 nitrogen and oxygen atoms in total. The summed E-state index contributed by atoms with van der Waals surface area (Å²) < 4.78 is 0. The number of nitrogens with one attached hydrogen (secondary N) is 1. The van der Waals surface area contributed by atoms with Crippen LogP contribution in [0.3, 0.4) is 0 Å². The molecule has 3 aliphatic rings. The Morgan fingerprint density at radius 2 is 1.54 bits per heavy atom. The molecule has 7 heteroatoms. The number of hydrogen-bond acceptors (Lipinski definition) is 4. The Hall–Kier alpha value is -3.35. The predicted octanol–water partition coefficient (Wildman–Crippen LogP) is 3.16. The molecule has 2 aliphatic heterocycles. The highest BCUT2D eigenvalue weighted by molar-refractivity contribution is 5.96. The quantitative estimate of drug-likeness (QED) is 0.698. The van der Waals surface area contributed by atoms with E-state index in [1.807, 2.05) is 65.6 Å². The molecule has 3 fully saturated rings. The number of nitrogens with zero attached hydrogens (tertiary/aromatic N) is 3. The molecule has 0 bridgehead atoms. The lowest BCUT2D eigenvalue weighted by molar-refractivity contribution is -0.141. The number of piperidine rings is 1. The van der Waals surface area contributed by atoms with Crippen molar-refractivity contribution in [2.75, 3.05) is 31.2 Å². The Balaban J connectivity index is 1.29.